The fourth-order valence-electron chi connectivity index (χ4n) is 3.72. The van der Waals surface area contributed by atoms with Gasteiger partial charge in [-0.3, -0.25) is 9.59 Å². The molecule has 0 radical (unpaired) electrons. The molecule has 0 heterocycles. The molecule has 0 saturated carbocycles. The molecule has 0 spiro atoms. The van der Waals surface area contributed by atoms with Crippen LogP contribution in [0.25, 0.3) is 0 Å². The molecule has 168 valence electrons. The molecule has 6 nitrogen and oxygen atoms in total. The minimum absolute atomic E-state index is 0.0801. The van der Waals surface area contributed by atoms with Crippen molar-refractivity contribution in [2.24, 2.45) is 11.8 Å². The number of benzene rings is 2. The Hall–Kier alpha value is -3.25. The summed E-state index contributed by atoms with van der Waals surface area (Å²) in [7, 11) is 6.06. The Balaban J connectivity index is 1.95. The van der Waals surface area contributed by atoms with Gasteiger partial charge in [-0.05, 0) is 42.5 Å². The summed E-state index contributed by atoms with van der Waals surface area (Å²) in [4.78, 5) is 26.5. The number of allylic oxidation sites excluding steroid dienone is 2. The number of hydrogen-bond acceptors (Lipinski definition) is 6. The van der Waals surface area contributed by atoms with Crippen molar-refractivity contribution in [1.82, 2.24) is 0 Å². The van der Waals surface area contributed by atoms with Crippen LogP contribution in [0, 0.1) is 11.8 Å². The number of hydrogen-bond donors (Lipinski definition) is 0. The summed E-state index contributed by atoms with van der Waals surface area (Å²) in [6, 6.07) is 11.8. The second-order valence-corrected chi connectivity index (χ2v) is 7.61. The van der Waals surface area contributed by atoms with E-state index in [1.54, 1.807) is 54.6 Å². The van der Waals surface area contributed by atoms with Crippen molar-refractivity contribution in [3.63, 3.8) is 0 Å². The van der Waals surface area contributed by atoms with Gasteiger partial charge in [0.25, 0.3) is 0 Å². The minimum Gasteiger partial charge on any atom is -0.493 e. The molecule has 2 aromatic carbocycles. The molecule has 0 unspecified atom stereocenters. The van der Waals surface area contributed by atoms with Crippen molar-refractivity contribution >= 4 is 23.2 Å². The van der Waals surface area contributed by atoms with Crippen molar-refractivity contribution in [2.75, 3.05) is 28.4 Å². The highest BCUT2D eigenvalue weighted by Gasteiger charge is 2.34. The van der Waals surface area contributed by atoms with Gasteiger partial charge in [-0.15, -0.1) is 0 Å². The summed E-state index contributed by atoms with van der Waals surface area (Å²) in [5.74, 6) is 0.466. The number of Topliss-reactive ketones (excluding diaryl/α,β-unsaturated/α-hetero) is 2. The van der Waals surface area contributed by atoms with Crippen molar-refractivity contribution in [3.8, 4) is 11.5 Å². The highest BCUT2D eigenvalue weighted by Crippen LogP contribution is 2.36. The zero-order chi connectivity index (χ0) is 23.3. The normalized spacial score (nSPS) is 17.7. The molecule has 0 bridgehead atoms. The lowest BCUT2D eigenvalue weighted by atomic mass is 9.78. The second-order valence-electron chi connectivity index (χ2n) is 7.20. The van der Waals surface area contributed by atoms with Gasteiger partial charge in [0, 0.05) is 23.5 Å². The summed E-state index contributed by atoms with van der Waals surface area (Å²) in [5, 5.41) is 0.358. The Morgan fingerprint density at radius 3 is 2.12 bits per heavy atom. The zero-order valence-electron chi connectivity index (χ0n) is 18.4. The molecule has 0 aromatic heterocycles. The minimum atomic E-state index is -0.646. The summed E-state index contributed by atoms with van der Waals surface area (Å²) < 4.78 is 21.4. The topological polar surface area (TPSA) is 71.1 Å². The van der Waals surface area contributed by atoms with E-state index in [0.717, 1.165) is 0 Å². The molecule has 7 heteroatoms. The number of halogens is 1. The first-order valence-electron chi connectivity index (χ1n) is 9.99. The Morgan fingerprint density at radius 1 is 0.844 bits per heavy atom. The van der Waals surface area contributed by atoms with Crippen molar-refractivity contribution in [3.05, 3.63) is 82.3 Å². The van der Waals surface area contributed by atoms with Crippen LogP contribution in [0.15, 0.2) is 66.1 Å². The van der Waals surface area contributed by atoms with Gasteiger partial charge in [0.2, 0.25) is 0 Å². The average molecular weight is 457 g/mol. The van der Waals surface area contributed by atoms with E-state index in [1.165, 1.54) is 28.4 Å². The zero-order valence-corrected chi connectivity index (χ0v) is 19.1. The van der Waals surface area contributed by atoms with Crippen LogP contribution in [0.5, 0.6) is 11.5 Å². The maximum Gasteiger partial charge on any atom is 0.171 e. The number of methoxy groups -OCH3 is 4. The van der Waals surface area contributed by atoms with E-state index in [0.29, 0.717) is 39.2 Å². The second kappa shape index (κ2) is 10.4. The maximum atomic E-state index is 13.4. The van der Waals surface area contributed by atoms with Crippen LogP contribution in [0.2, 0.25) is 5.02 Å². The third kappa shape index (κ3) is 4.81. The molecule has 1 aliphatic carbocycles. The fraction of sp³-hybridized carbons (Fsp3) is 0.280. The average Bonchev–Trinajstić information content (AvgIpc) is 2.83. The van der Waals surface area contributed by atoms with Crippen LogP contribution < -0.4 is 9.47 Å². The van der Waals surface area contributed by atoms with E-state index >= 15 is 0 Å². The Labute approximate surface area is 192 Å². The number of ether oxygens (including phenoxy) is 4. The standard InChI is InChI=1S/C25H25ClO6/c1-29-21-10-9-15(12-22(21)30-2)20(27)11-16-13-23(31-3)24(32-4)14-18(16)25(28)17-7-5-6-8-19(17)26/h5-10,12-14,16,18H,11H2,1-4H3/t16-,18+/m0/s1. The lowest BCUT2D eigenvalue weighted by Gasteiger charge is -2.27. The van der Waals surface area contributed by atoms with Crippen LogP contribution >= 0.6 is 11.6 Å². The van der Waals surface area contributed by atoms with Gasteiger partial charge < -0.3 is 18.9 Å². The van der Waals surface area contributed by atoms with E-state index in [1.807, 2.05) is 0 Å². The van der Waals surface area contributed by atoms with Crippen molar-refractivity contribution < 1.29 is 28.5 Å². The molecule has 0 saturated heterocycles. The molecular formula is C25H25ClO6. The molecule has 0 fully saturated rings. The number of carbonyl (C=O) groups excluding carboxylic acids is 2. The van der Waals surface area contributed by atoms with E-state index in [4.69, 9.17) is 30.5 Å². The molecule has 2 atom stereocenters. The molecule has 32 heavy (non-hydrogen) atoms. The van der Waals surface area contributed by atoms with Crippen LogP contribution in [0.4, 0.5) is 0 Å². The van der Waals surface area contributed by atoms with Gasteiger partial charge in [0.05, 0.1) is 39.4 Å². The predicted octanol–water partition coefficient (Wildman–Crippen LogP) is 5.12. The molecule has 0 amide bonds. The monoisotopic (exact) mass is 456 g/mol. The van der Waals surface area contributed by atoms with Crippen LogP contribution in [-0.2, 0) is 9.47 Å². The van der Waals surface area contributed by atoms with Crippen LogP contribution in [0.1, 0.15) is 27.1 Å². The number of carbonyl (C=O) groups is 2. The molecule has 2 aromatic rings. The SMILES string of the molecule is COC1=C[C@H](CC(=O)c2ccc(OC)c(OC)c2)[C@H](C(=O)c2ccccc2Cl)C=C1OC. The molecule has 0 aliphatic heterocycles. The predicted molar refractivity (Wildman–Crippen MR) is 121 cm³/mol. The largest absolute Gasteiger partial charge is 0.493 e. The first-order valence-corrected chi connectivity index (χ1v) is 10.4. The highest BCUT2D eigenvalue weighted by atomic mass is 35.5. The van der Waals surface area contributed by atoms with E-state index in [9.17, 15) is 9.59 Å². The summed E-state index contributed by atoms with van der Waals surface area (Å²) in [6.07, 6.45) is 3.53. The molecule has 1 aliphatic rings. The summed E-state index contributed by atoms with van der Waals surface area (Å²) in [6.45, 7) is 0. The molecule has 0 N–H and O–H groups in total. The number of rotatable bonds is 9. The third-order valence-corrected chi connectivity index (χ3v) is 5.74. The lowest BCUT2D eigenvalue weighted by Crippen LogP contribution is -2.27. The quantitative estimate of drug-likeness (QED) is 0.488. The lowest BCUT2D eigenvalue weighted by molar-refractivity contribution is 0.0881. The fourth-order valence-corrected chi connectivity index (χ4v) is 3.95. The van der Waals surface area contributed by atoms with Gasteiger partial charge in [0.1, 0.15) is 0 Å². The molecular weight excluding hydrogens is 432 g/mol. The summed E-state index contributed by atoms with van der Waals surface area (Å²) in [5.41, 5.74) is 0.851. The number of ketones is 2. The smallest absolute Gasteiger partial charge is 0.171 e. The Morgan fingerprint density at radius 2 is 1.50 bits per heavy atom. The first kappa shape index (κ1) is 23.4. The van der Waals surface area contributed by atoms with Crippen LogP contribution in [0.3, 0.4) is 0 Å². The van der Waals surface area contributed by atoms with E-state index < -0.39 is 11.8 Å². The maximum absolute atomic E-state index is 13.4. The third-order valence-electron chi connectivity index (χ3n) is 5.41. The van der Waals surface area contributed by atoms with E-state index in [-0.39, 0.29) is 18.0 Å². The van der Waals surface area contributed by atoms with Gasteiger partial charge in [-0.1, -0.05) is 23.7 Å². The van der Waals surface area contributed by atoms with Gasteiger partial charge in [0.15, 0.2) is 34.6 Å². The van der Waals surface area contributed by atoms with Gasteiger partial charge in [-0.25, -0.2) is 0 Å². The Bertz CT molecular complexity index is 1070. The molecule has 3 rings (SSSR count). The van der Waals surface area contributed by atoms with Gasteiger partial charge in [-0.2, -0.15) is 0 Å². The van der Waals surface area contributed by atoms with Crippen molar-refractivity contribution in [1.29, 1.82) is 0 Å². The highest BCUT2D eigenvalue weighted by molar-refractivity contribution is 6.34. The van der Waals surface area contributed by atoms with Gasteiger partial charge >= 0.3 is 0 Å². The van der Waals surface area contributed by atoms with Crippen LogP contribution in [-0.4, -0.2) is 40.0 Å². The Kier molecular flexibility index (Phi) is 7.59. The summed E-state index contributed by atoms with van der Waals surface area (Å²) >= 11 is 6.27. The van der Waals surface area contributed by atoms with E-state index in [2.05, 4.69) is 0 Å². The van der Waals surface area contributed by atoms with Crippen molar-refractivity contribution in [2.45, 2.75) is 6.42 Å². The first-order chi connectivity index (χ1) is 15.4.